The van der Waals surface area contributed by atoms with Gasteiger partial charge in [0, 0.05) is 38.5 Å². The maximum atomic E-state index is 11.4. The van der Waals surface area contributed by atoms with Gasteiger partial charge in [-0.3, -0.25) is 4.79 Å². The van der Waals surface area contributed by atoms with Crippen LogP contribution in [0.5, 0.6) is 0 Å². The molecule has 1 amide bonds. The van der Waals surface area contributed by atoms with Crippen LogP contribution in [0.15, 0.2) is 6.07 Å². The number of aryl methyl sites for hydroxylation is 1. The molecule has 114 valence electrons. The molecule has 0 unspecified atom stereocenters. The molecule has 0 spiro atoms. The van der Waals surface area contributed by atoms with Crippen LogP contribution in [-0.2, 0) is 4.79 Å². The van der Waals surface area contributed by atoms with E-state index >= 15 is 0 Å². The molecule has 2 N–H and O–H groups in total. The fourth-order valence-corrected chi connectivity index (χ4v) is 2.93. The third kappa shape index (κ3) is 3.60. The molecule has 2 rings (SSSR count). The summed E-state index contributed by atoms with van der Waals surface area (Å²) in [5, 5.41) is 6.84. The molecule has 0 saturated carbocycles. The molecule has 21 heavy (non-hydrogen) atoms. The Morgan fingerprint density at radius 2 is 2.19 bits per heavy atom. The molecule has 0 bridgehead atoms. The van der Waals surface area contributed by atoms with Crippen molar-refractivity contribution in [3.63, 3.8) is 0 Å². The van der Waals surface area contributed by atoms with Gasteiger partial charge in [0.15, 0.2) is 0 Å². The first-order valence-electron chi connectivity index (χ1n) is 6.99. The second-order valence-electron chi connectivity index (χ2n) is 4.82. The zero-order chi connectivity index (χ0) is 15.4. The fourth-order valence-electron chi connectivity index (χ4n) is 2.06. The standard InChI is InChI=1S/C14H21N5OS/c1-5-16-14-17-12(19(4)7-6-11(20)15-3)10-8-9(2)21-13(10)18-14/h8H,5-7H2,1-4H3,(H,15,20)(H,16,17,18). The molecule has 0 atom stereocenters. The van der Waals surface area contributed by atoms with Gasteiger partial charge in [0.05, 0.1) is 5.39 Å². The first-order valence-corrected chi connectivity index (χ1v) is 7.80. The third-order valence-electron chi connectivity index (χ3n) is 3.15. The number of nitrogens with one attached hydrogen (secondary N) is 2. The lowest BCUT2D eigenvalue weighted by Gasteiger charge is -2.19. The minimum atomic E-state index is 0.0283. The van der Waals surface area contributed by atoms with E-state index in [2.05, 4.69) is 33.6 Å². The average Bonchev–Trinajstić information content (AvgIpc) is 2.83. The minimum Gasteiger partial charge on any atom is -0.359 e. The van der Waals surface area contributed by atoms with E-state index in [1.807, 2.05) is 18.9 Å². The first-order chi connectivity index (χ1) is 10.0. The van der Waals surface area contributed by atoms with Gasteiger partial charge in [-0.05, 0) is 19.9 Å². The highest BCUT2D eigenvalue weighted by atomic mass is 32.1. The van der Waals surface area contributed by atoms with E-state index in [-0.39, 0.29) is 5.91 Å². The van der Waals surface area contributed by atoms with Crippen molar-refractivity contribution in [1.82, 2.24) is 15.3 Å². The quantitative estimate of drug-likeness (QED) is 0.854. The van der Waals surface area contributed by atoms with Crippen molar-refractivity contribution in [3.8, 4) is 0 Å². The van der Waals surface area contributed by atoms with Crippen molar-refractivity contribution in [2.75, 3.05) is 37.4 Å². The van der Waals surface area contributed by atoms with Gasteiger partial charge in [-0.25, -0.2) is 4.98 Å². The van der Waals surface area contributed by atoms with E-state index in [1.54, 1.807) is 18.4 Å². The molecular weight excluding hydrogens is 286 g/mol. The van der Waals surface area contributed by atoms with Crippen LogP contribution in [0, 0.1) is 6.92 Å². The van der Waals surface area contributed by atoms with Crippen LogP contribution in [0.2, 0.25) is 0 Å². The number of hydrogen-bond donors (Lipinski definition) is 2. The Morgan fingerprint density at radius 3 is 2.86 bits per heavy atom. The molecule has 0 fully saturated rings. The van der Waals surface area contributed by atoms with E-state index in [0.29, 0.717) is 18.9 Å². The molecule has 0 aliphatic rings. The zero-order valence-electron chi connectivity index (χ0n) is 12.9. The van der Waals surface area contributed by atoms with Crippen molar-refractivity contribution in [3.05, 3.63) is 10.9 Å². The number of carbonyl (C=O) groups excluding carboxylic acids is 1. The van der Waals surface area contributed by atoms with Crippen molar-refractivity contribution in [2.24, 2.45) is 0 Å². The number of rotatable bonds is 6. The van der Waals surface area contributed by atoms with Crippen molar-refractivity contribution < 1.29 is 4.79 Å². The van der Waals surface area contributed by atoms with E-state index in [1.165, 1.54) is 4.88 Å². The predicted octanol–water partition coefficient (Wildman–Crippen LogP) is 2.00. The lowest BCUT2D eigenvalue weighted by Crippen LogP contribution is -2.27. The molecule has 0 radical (unpaired) electrons. The largest absolute Gasteiger partial charge is 0.359 e. The lowest BCUT2D eigenvalue weighted by atomic mass is 10.3. The van der Waals surface area contributed by atoms with Crippen LogP contribution < -0.4 is 15.5 Å². The van der Waals surface area contributed by atoms with Crippen LogP contribution >= 0.6 is 11.3 Å². The minimum absolute atomic E-state index is 0.0283. The average molecular weight is 307 g/mol. The number of fused-ring (bicyclic) bond motifs is 1. The summed E-state index contributed by atoms with van der Waals surface area (Å²) in [6.45, 7) is 5.47. The molecule has 2 heterocycles. The molecular formula is C14H21N5OS. The number of nitrogens with zero attached hydrogens (tertiary/aromatic N) is 3. The molecule has 2 aromatic heterocycles. The number of carbonyl (C=O) groups is 1. The summed E-state index contributed by atoms with van der Waals surface area (Å²) in [5.41, 5.74) is 0. The lowest BCUT2D eigenvalue weighted by molar-refractivity contribution is -0.120. The molecule has 0 saturated heterocycles. The summed E-state index contributed by atoms with van der Waals surface area (Å²) in [4.78, 5) is 24.7. The predicted molar refractivity (Wildman–Crippen MR) is 88.3 cm³/mol. The summed E-state index contributed by atoms with van der Waals surface area (Å²) in [6, 6.07) is 2.10. The number of thiophene rings is 1. The molecule has 0 aliphatic heterocycles. The molecule has 0 aliphatic carbocycles. The normalized spacial score (nSPS) is 10.7. The number of hydrogen-bond acceptors (Lipinski definition) is 6. The smallest absolute Gasteiger partial charge is 0.226 e. The van der Waals surface area contributed by atoms with Gasteiger partial charge in [0.25, 0.3) is 0 Å². The Balaban J connectivity index is 2.33. The Bertz CT molecular complexity index is 640. The number of anilines is 2. The van der Waals surface area contributed by atoms with Gasteiger partial charge >= 0.3 is 0 Å². The van der Waals surface area contributed by atoms with Gasteiger partial charge < -0.3 is 15.5 Å². The van der Waals surface area contributed by atoms with E-state index < -0.39 is 0 Å². The maximum Gasteiger partial charge on any atom is 0.226 e. The summed E-state index contributed by atoms with van der Waals surface area (Å²) in [6.07, 6.45) is 0.443. The van der Waals surface area contributed by atoms with Gasteiger partial charge in [0.1, 0.15) is 10.6 Å². The highest BCUT2D eigenvalue weighted by molar-refractivity contribution is 7.18. The van der Waals surface area contributed by atoms with Gasteiger partial charge in [-0.1, -0.05) is 0 Å². The second-order valence-corrected chi connectivity index (χ2v) is 6.06. The SMILES string of the molecule is CCNc1nc(N(C)CCC(=O)NC)c2cc(C)sc2n1. The van der Waals surface area contributed by atoms with Gasteiger partial charge in [0.2, 0.25) is 11.9 Å². The van der Waals surface area contributed by atoms with Crippen LogP contribution in [-0.4, -0.2) is 43.1 Å². The highest BCUT2D eigenvalue weighted by Crippen LogP contribution is 2.31. The van der Waals surface area contributed by atoms with E-state index in [0.717, 1.165) is 22.6 Å². The van der Waals surface area contributed by atoms with E-state index in [9.17, 15) is 4.79 Å². The maximum absolute atomic E-state index is 11.4. The summed E-state index contributed by atoms with van der Waals surface area (Å²) in [5.74, 6) is 1.53. The van der Waals surface area contributed by atoms with Crippen molar-refractivity contribution in [1.29, 1.82) is 0 Å². The Kier molecular flexibility index (Phi) is 4.95. The van der Waals surface area contributed by atoms with Gasteiger partial charge in [-0.2, -0.15) is 4.98 Å². The van der Waals surface area contributed by atoms with Crippen molar-refractivity contribution >= 4 is 39.2 Å². The van der Waals surface area contributed by atoms with Crippen molar-refractivity contribution in [2.45, 2.75) is 20.3 Å². The second kappa shape index (κ2) is 6.71. The Hall–Kier alpha value is -1.89. The molecule has 0 aromatic carbocycles. The molecule has 6 nitrogen and oxygen atoms in total. The summed E-state index contributed by atoms with van der Waals surface area (Å²) in [7, 11) is 3.60. The van der Waals surface area contributed by atoms with E-state index in [4.69, 9.17) is 0 Å². The van der Waals surface area contributed by atoms with Crippen LogP contribution in [0.25, 0.3) is 10.2 Å². The van der Waals surface area contributed by atoms with Crippen LogP contribution in [0.1, 0.15) is 18.2 Å². The Morgan fingerprint density at radius 1 is 1.43 bits per heavy atom. The molecule has 7 heteroatoms. The monoisotopic (exact) mass is 307 g/mol. The highest BCUT2D eigenvalue weighted by Gasteiger charge is 2.14. The third-order valence-corrected chi connectivity index (χ3v) is 4.09. The summed E-state index contributed by atoms with van der Waals surface area (Å²) >= 11 is 1.66. The number of aromatic nitrogens is 2. The first kappa shape index (κ1) is 15.5. The summed E-state index contributed by atoms with van der Waals surface area (Å²) < 4.78 is 0. The van der Waals surface area contributed by atoms with Gasteiger partial charge in [-0.15, -0.1) is 11.3 Å². The number of amides is 1. The molecule has 2 aromatic rings. The van der Waals surface area contributed by atoms with Crippen LogP contribution in [0.4, 0.5) is 11.8 Å². The Labute approximate surface area is 128 Å². The fraction of sp³-hybridized carbons (Fsp3) is 0.500. The topological polar surface area (TPSA) is 70.2 Å². The zero-order valence-corrected chi connectivity index (χ0v) is 13.7. The van der Waals surface area contributed by atoms with Crippen LogP contribution in [0.3, 0.4) is 0 Å².